The van der Waals surface area contributed by atoms with Crippen LogP contribution in [-0.4, -0.2) is 60.3 Å². The van der Waals surface area contributed by atoms with Crippen LogP contribution in [0.2, 0.25) is 0 Å². The van der Waals surface area contributed by atoms with E-state index in [0.29, 0.717) is 11.5 Å². The fraction of sp³-hybridized carbons (Fsp3) is 0.304. The van der Waals surface area contributed by atoms with Gasteiger partial charge in [0.05, 0.1) is 18.4 Å². The lowest BCUT2D eigenvalue weighted by Gasteiger charge is -2.41. The highest BCUT2D eigenvalue weighted by Gasteiger charge is 2.44. The fourth-order valence-electron chi connectivity index (χ4n) is 4.65. The van der Waals surface area contributed by atoms with Crippen molar-refractivity contribution in [2.75, 3.05) is 27.5 Å². The van der Waals surface area contributed by atoms with Crippen LogP contribution in [0.4, 0.5) is 0 Å². The van der Waals surface area contributed by atoms with Gasteiger partial charge in [-0.25, -0.2) is 4.79 Å². The van der Waals surface area contributed by atoms with Gasteiger partial charge < -0.3 is 24.1 Å². The first-order valence-corrected chi connectivity index (χ1v) is 10.4. The standard InChI is InChI=1S/C23H22N4O6/c1-26(25-30)11-20(28)27-17(23(29)31-2)10-15-14-5-3-4-6-16(14)24-21(15)22(27)13-7-8-18-19(9-13)33-12-32-18/h3-9,17,22,24H,10-12H2,1-2H3/t17-,22+/m0/s1. The third-order valence-electron chi connectivity index (χ3n) is 6.11. The van der Waals surface area contributed by atoms with Crippen LogP contribution in [0.1, 0.15) is 22.9 Å². The monoisotopic (exact) mass is 450 g/mol. The maximum Gasteiger partial charge on any atom is 0.328 e. The van der Waals surface area contributed by atoms with Crippen LogP contribution in [0, 0.1) is 4.91 Å². The van der Waals surface area contributed by atoms with E-state index in [1.165, 1.54) is 19.1 Å². The van der Waals surface area contributed by atoms with E-state index >= 15 is 0 Å². The second-order valence-corrected chi connectivity index (χ2v) is 8.02. The molecule has 0 saturated carbocycles. The van der Waals surface area contributed by atoms with Crippen molar-refractivity contribution in [1.29, 1.82) is 0 Å². The molecule has 10 nitrogen and oxygen atoms in total. The van der Waals surface area contributed by atoms with E-state index in [4.69, 9.17) is 14.2 Å². The highest BCUT2D eigenvalue weighted by atomic mass is 16.7. The Morgan fingerprint density at radius 3 is 2.79 bits per heavy atom. The maximum atomic E-state index is 13.4. The molecule has 2 aliphatic rings. The zero-order valence-electron chi connectivity index (χ0n) is 18.1. The summed E-state index contributed by atoms with van der Waals surface area (Å²) in [5.41, 5.74) is 3.37. The van der Waals surface area contributed by atoms with Gasteiger partial charge in [-0.05, 0) is 29.3 Å². The highest BCUT2D eigenvalue weighted by molar-refractivity contribution is 5.91. The Labute approximate surface area is 189 Å². The topological polar surface area (TPSA) is 114 Å². The Morgan fingerprint density at radius 1 is 1.21 bits per heavy atom. The van der Waals surface area contributed by atoms with Crippen molar-refractivity contribution in [2.24, 2.45) is 5.29 Å². The molecule has 0 radical (unpaired) electrons. The summed E-state index contributed by atoms with van der Waals surface area (Å²) in [7, 11) is 2.70. The number of likely N-dealkylation sites (N-methyl/N-ethyl adjacent to an activating group) is 1. The molecular formula is C23H22N4O6. The third kappa shape index (κ3) is 3.43. The molecule has 1 aromatic heterocycles. The van der Waals surface area contributed by atoms with Crippen molar-refractivity contribution in [3.05, 3.63) is 64.2 Å². The summed E-state index contributed by atoms with van der Waals surface area (Å²) in [6.07, 6.45) is 0.275. The number of hydrogen-bond acceptors (Lipinski definition) is 7. The second-order valence-electron chi connectivity index (χ2n) is 8.02. The number of esters is 1. The van der Waals surface area contributed by atoms with Crippen molar-refractivity contribution in [2.45, 2.75) is 18.5 Å². The molecule has 1 amide bonds. The summed E-state index contributed by atoms with van der Waals surface area (Å²) in [5, 5.41) is 4.78. The summed E-state index contributed by atoms with van der Waals surface area (Å²) in [6.45, 7) is -0.169. The van der Waals surface area contributed by atoms with Gasteiger partial charge in [0.2, 0.25) is 12.7 Å². The minimum atomic E-state index is -0.885. The number of benzene rings is 2. The molecule has 3 heterocycles. The fourth-order valence-corrected chi connectivity index (χ4v) is 4.65. The van der Waals surface area contributed by atoms with E-state index in [9.17, 15) is 14.5 Å². The first-order valence-electron chi connectivity index (χ1n) is 10.4. The van der Waals surface area contributed by atoms with Gasteiger partial charge in [0.1, 0.15) is 12.6 Å². The predicted octanol–water partition coefficient (Wildman–Crippen LogP) is 2.53. The molecule has 0 aliphatic carbocycles. The number of nitroso groups, excluding NO2 is 1. The number of methoxy groups -OCH3 is 1. The first-order chi connectivity index (χ1) is 16.0. The highest BCUT2D eigenvalue weighted by Crippen LogP contribution is 2.44. The molecule has 5 rings (SSSR count). The molecule has 0 saturated heterocycles. The van der Waals surface area contributed by atoms with Crippen molar-refractivity contribution in [3.63, 3.8) is 0 Å². The SMILES string of the molecule is COC(=O)[C@@H]1Cc2c([nH]c3ccccc23)[C@@H](c2ccc3c(c2)OCO3)N1C(=O)CN(C)N=O. The number of hydrogen-bond donors (Lipinski definition) is 1. The van der Waals surface area contributed by atoms with Crippen LogP contribution in [0.5, 0.6) is 11.5 Å². The van der Waals surface area contributed by atoms with E-state index in [2.05, 4.69) is 10.3 Å². The van der Waals surface area contributed by atoms with Crippen LogP contribution >= 0.6 is 0 Å². The van der Waals surface area contributed by atoms with E-state index < -0.39 is 24.0 Å². The number of amides is 1. The summed E-state index contributed by atoms with van der Waals surface area (Å²) >= 11 is 0. The minimum Gasteiger partial charge on any atom is -0.467 e. The third-order valence-corrected chi connectivity index (χ3v) is 6.11. The van der Waals surface area contributed by atoms with E-state index in [-0.39, 0.29) is 19.8 Å². The minimum absolute atomic E-state index is 0.115. The molecule has 1 N–H and O–H groups in total. The Hall–Kier alpha value is -4.08. The van der Waals surface area contributed by atoms with Gasteiger partial charge in [0.15, 0.2) is 11.5 Å². The van der Waals surface area contributed by atoms with E-state index in [0.717, 1.165) is 32.7 Å². The summed E-state index contributed by atoms with van der Waals surface area (Å²) in [5.74, 6) is 0.203. The molecule has 2 aromatic carbocycles. The normalized spacial score (nSPS) is 18.7. The molecule has 0 bridgehead atoms. The molecule has 2 aliphatic heterocycles. The Morgan fingerprint density at radius 2 is 2.00 bits per heavy atom. The van der Waals surface area contributed by atoms with Crippen LogP contribution in [-0.2, 0) is 20.7 Å². The number of fused-ring (bicyclic) bond motifs is 4. The van der Waals surface area contributed by atoms with Gasteiger partial charge in [0.25, 0.3) is 0 Å². The number of carbonyl (C=O) groups is 2. The first kappa shape index (κ1) is 20.8. The second kappa shape index (κ2) is 8.12. The van der Waals surface area contributed by atoms with Gasteiger partial charge in [-0.2, -0.15) is 0 Å². The van der Waals surface area contributed by atoms with Crippen molar-refractivity contribution < 1.29 is 23.8 Å². The molecule has 170 valence electrons. The number of ether oxygens (including phenoxy) is 3. The zero-order chi connectivity index (χ0) is 23.1. The summed E-state index contributed by atoms with van der Waals surface area (Å²) in [4.78, 5) is 42.2. The number of para-hydroxylation sites is 1. The molecule has 0 fully saturated rings. The van der Waals surface area contributed by atoms with Crippen LogP contribution in [0.3, 0.4) is 0 Å². The largest absolute Gasteiger partial charge is 0.467 e. The molecule has 3 aromatic rings. The lowest BCUT2D eigenvalue weighted by molar-refractivity contribution is -0.155. The molecule has 2 atom stereocenters. The average molecular weight is 450 g/mol. The van der Waals surface area contributed by atoms with E-state index in [1.807, 2.05) is 36.4 Å². The lowest BCUT2D eigenvalue weighted by atomic mass is 9.87. The molecule has 33 heavy (non-hydrogen) atoms. The van der Waals surface area contributed by atoms with Crippen molar-refractivity contribution in [1.82, 2.24) is 14.9 Å². The van der Waals surface area contributed by atoms with Crippen molar-refractivity contribution >= 4 is 22.8 Å². The van der Waals surface area contributed by atoms with E-state index in [1.54, 1.807) is 6.07 Å². The van der Waals surface area contributed by atoms with Gasteiger partial charge in [-0.3, -0.25) is 9.80 Å². The lowest BCUT2D eigenvalue weighted by Crippen LogP contribution is -2.53. The average Bonchev–Trinajstić information content (AvgIpc) is 3.45. The zero-order valence-corrected chi connectivity index (χ0v) is 18.1. The van der Waals surface area contributed by atoms with Gasteiger partial charge in [0, 0.05) is 30.1 Å². The molecular weight excluding hydrogens is 428 g/mol. The van der Waals surface area contributed by atoms with Crippen molar-refractivity contribution in [3.8, 4) is 11.5 Å². The number of rotatable bonds is 5. The Balaban J connectivity index is 1.71. The Kier molecular flexibility index (Phi) is 5.12. The van der Waals surface area contributed by atoms with Gasteiger partial charge in [-0.15, -0.1) is 4.91 Å². The number of aromatic nitrogens is 1. The van der Waals surface area contributed by atoms with Crippen LogP contribution in [0.25, 0.3) is 10.9 Å². The molecule has 0 spiro atoms. The van der Waals surface area contributed by atoms with Crippen LogP contribution in [0.15, 0.2) is 47.8 Å². The summed E-state index contributed by atoms with van der Waals surface area (Å²) in [6, 6.07) is 11.7. The number of carbonyl (C=O) groups excluding carboxylic acids is 2. The summed E-state index contributed by atoms with van der Waals surface area (Å²) < 4.78 is 16.1. The number of nitrogens with zero attached hydrogens (tertiary/aromatic N) is 3. The number of nitrogens with one attached hydrogen (secondary N) is 1. The van der Waals surface area contributed by atoms with Crippen LogP contribution < -0.4 is 9.47 Å². The molecule has 0 unspecified atom stereocenters. The quantitative estimate of drug-likeness (QED) is 0.361. The predicted molar refractivity (Wildman–Crippen MR) is 117 cm³/mol. The maximum absolute atomic E-state index is 13.4. The van der Waals surface area contributed by atoms with Gasteiger partial charge in [-0.1, -0.05) is 24.3 Å². The number of H-pyrrole nitrogens is 1. The van der Waals surface area contributed by atoms with Gasteiger partial charge >= 0.3 is 5.97 Å². The Bertz CT molecular complexity index is 1250. The smallest absolute Gasteiger partial charge is 0.328 e. The number of aromatic amines is 1. The molecule has 10 heteroatoms.